The molecule has 0 bridgehead atoms. The van der Waals surface area contributed by atoms with E-state index in [1.807, 2.05) is 6.08 Å². The number of ether oxygens (including phenoxy) is 6. The van der Waals surface area contributed by atoms with Crippen LogP contribution < -0.4 is 5.32 Å². The molecular weight excluding hydrogens is 1360 g/mol. The lowest BCUT2D eigenvalue weighted by molar-refractivity contribution is -0.379. The van der Waals surface area contributed by atoms with Crippen molar-refractivity contribution in [3.05, 3.63) is 48.6 Å². The number of rotatable bonds is 72. The van der Waals surface area contributed by atoms with Crippen molar-refractivity contribution in [1.29, 1.82) is 0 Å². The highest BCUT2D eigenvalue weighted by Crippen LogP contribution is 2.34. The van der Waals surface area contributed by atoms with Crippen LogP contribution >= 0.6 is 0 Å². The molecular formula is C88H163NO18. The van der Waals surface area contributed by atoms with Crippen molar-refractivity contribution in [2.75, 3.05) is 26.4 Å². The van der Waals surface area contributed by atoms with E-state index in [2.05, 4.69) is 55.6 Å². The highest BCUT2D eigenvalue weighted by atomic mass is 16.8. The summed E-state index contributed by atoms with van der Waals surface area (Å²) in [4.78, 5) is 13.5. The minimum atomic E-state index is -1.98. The molecule has 0 aromatic carbocycles. The van der Waals surface area contributed by atoms with E-state index in [0.717, 1.165) is 57.8 Å². The highest BCUT2D eigenvalue weighted by molar-refractivity contribution is 5.76. The van der Waals surface area contributed by atoms with Gasteiger partial charge in [0.2, 0.25) is 5.91 Å². The molecule has 628 valence electrons. The van der Waals surface area contributed by atoms with Gasteiger partial charge in [-0.1, -0.05) is 358 Å². The van der Waals surface area contributed by atoms with Gasteiger partial charge in [0.15, 0.2) is 18.9 Å². The first-order chi connectivity index (χ1) is 52.3. The van der Waals surface area contributed by atoms with Crippen LogP contribution in [0, 0.1) is 0 Å². The Kier molecular flexibility index (Phi) is 63.0. The maximum absolute atomic E-state index is 13.5. The summed E-state index contributed by atoms with van der Waals surface area (Å²) in [6, 6.07) is -0.977. The van der Waals surface area contributed by atoms with Gasteiger partial charge < -0.3 is 89.9 Å². The largest absolute Gasteiger partial charge is 0.394 e. The Hall–Kier alpha value is -2.25. The molecule has 17 unspecified atom stereocenters. The maximum Gasteiger partial charge on any atom is 0.220 e. The normalized spacial score (nSPS) is 25.7. The number of aliphatic hydroxyl groups is 11. The number of allylic oxidation sites excluding steroid dienone is 7. The van der Waals surface area contributed by atoms with Crippen LogP contribution in [0.3, 0.4) is 0 Å². The average Bonchev–Trinajstić information content (AvgIpc) is 0.781. The fraction of sp³-hybridized carbons (Fsp3) is 0.898. The maximum atomic E-state index is 13.5. The third-order valence-electron chi connectivity index (χ3n) is 22.1. The minimum absolute atomic E-state index is 0.243. The topological polar surface area (TPSA) is 307 Å². The molecule has 0 aromatic heterocycles. The molecule has 0 spiro atoms. The summed E-state index contributed by atoms with van der Waals surface area (Å²) in [7, 11) is 0. The van der Waals surface area contributed by atoms with E-state index in [9.17, 15) is 61.0 Å². The zero-order valence-electron chi connectivity index (χ0n) is 67.6. The van der Waals surface area contributed by atoms with Crippen LogP contribution in [0.2, 0.25) is 0 Å². The van der Waals surface area contributed by atoms with Gasteiger partial charge in [0.05, 0.1) is 38.6 Å². The van der Waals surface area contributed by atoms with Crippen LogP contribution in [-0.4, -0.2) is 193 Å². The van der Waals surface area contributed by atoms with Gasteiger partial charge in [-0.3, -0.25) is 4.79 Å². The second-order valence-corrected chi connectivity index (χ2v) is 31.7. The molecule has 12 N–H and O–H groups in total. The first kappa shape index (κ1) is 98.9. The van der Waals surface area contributed by atoms with Gasteiger partial charge in [0.25, 0.3) is 0 Å². The molecule has 3 saturated heterocycles. The monoisotopic (exact) mass is 1520 g/mol. The average molecular weight is 1520 g/mol. The first-order valence-corrected chi connectivity index (χ1v) is 44.4. The number of aliphatic hydroxyl groups excluding tert-OH is 11. The third kappa shape index (κ3) is 47.3. The van der Waals surface area contributed by atoms with Crippen LogP contribution in [0.25, 0.3) is 0 Å². The van der Waals surface area contributed by atoms with Gasteiger partial charge in [0.1, 0.15) is 73.2 Å². The van der Waals surface area contributed by atoms with Crippen LogP contribution in [0.4, 0.5) is 0 Å². The van der Waals surface area contributed by atoms with Gasteiger partial charge >= 0.3 is 0 Å². The van der Waals surface area contributed by atoms with Crippen molar-refractivity contribution in [3.63, 3.8) is 0 Å². The lowest BCUT2D eigenvalue weighted by Crippen LogP contribution is -2.66. The zero-order chi connectivity index (χ0) is 77.4. The van der Waals surface area contributed by atoms with Gasteiger partial charge in [-0.2, -0.15) is 0 Å². The standard InChI is InChI=1S/C88H163NO18/c1-3-5-7-9-11-13-15-17-19-21-23-25-27-29-31-33-34-35-36-38-39-41-43-45-47-49-51-53-55-57-59-61-63-65-72(93)71(89-76(94)66-64-62-60-58-56-54-52-50-48-46-44-42-40-37-32-30-28-26-24-22-20-18-16-14-12-10-8-6-4-2)70-102-86-82(100)79(97)84(74(68-91)104-86)107-88-83(101)80(98)85(75(69-92)105-88)106-87-81(99)78(96)77(95)73(67-90)103-87/h16,18,22,24,28,30,63,65,71-75,77-88,90-93,95-101H,3-15,17,19-21,23,25-27,29,31-62,64,66-70H2,1-2H3,(H,89,94)/b18-16-,24-22-,30-28-,65-63+. The van der Waals surface area contributed by atoms with Crippen molar-refractivity contribution in [2.24, 2.45) is 0 Å². The highest BCUT2D eigenvalue weighted by Gasteiger charge is 2.54. The molecule has 3 rings (SSSR count). The number of carbonyl (C=O) groups excluding carboxylic acids is 1. The van der Waals surface area contributed by atoms with E-state index in [1.165, 1.54) is 289 Å². The van der Waals surface area contributed by atoms with Gasteiger partial charge in [-0.25, -0.2) is 0 Å². The molecule has 3 heterocycles. The Morgan fingerprint density at radius 3 is 0.963 bits per heavy atom. The number of amides is 1. The summed E-state index contributed by atoms with van der Waals surface area (Å²) in [6.45, 7) is 1.78. The van der Waals surface area contributed by atoms with Crippen molar-refractivity contribution in [1.82, 2.24) is 5.32 Å². The molecule has 0 aliphatic carbocycles. The van der Waals surface area contributed by atoms with Crippen molar-refractivity contribution < 1.29 is 89.4 Å². The molecule has 1 amide bonds. The lowest BCUT2D eigenvalue weighted by Gasteiger charge is -2.48. The van der Waals surface area contributed by atoms with E-state index < -0.39 is 124 Å². The van der Waals surface area contributed by atoms with E-state index in [1.54, 1.807) is 6.08 Å². The second kappa shape index (κ2) is 68.2. The van der Waals surface area contributed by atoms with Crippen molar-refractivity contribution >= 4 is 5.91 Å². The molecule has 3 fully saturated rings. The van der Waals surface area contributed by atoms with Crippen molar-refractivity contribution in [3.8, 4) is 0 Å². The number of nitrogens with one attached hydrogen (secondary N) is 1. The first-order valence-electron chi connectivity index (χ1n) is 44.4. The predicted molar refractivity (Wildman–Crippen MR) is 429 cm³/mol. The van der Waals surface area contributed by atoms with E-state index in [0.29, 0.717) is 6.42 Å². The Balaban J connectivity index is 1.34. The number of hydrogen-bond donors (Lipinski definition) is 12. The molecule has 107 heavy (non-hydrogen) atoms. The van der Waals surface area contributed by atoms with Gasteiger partial charge in [-0.05, 0) is 57.8 Å². The number of carbonyl (C=O) groups is 1. The molecule has 0 saturated carbocycles. The fourth-order valence-corrected chi connectivity index (χ4v) is 15.0. The molecule has 3 aliphatic rings. The van der Waals surface area contributed by atoms with Crippen LogP contribution in [0.1, 0.15) is 373 Å². The van der Waals surface area contributed by atoms with E-state index in [-0.39, 0.29) is 18.9 Å². The molecule has 3 aliphatic heterocycles. The molecule has 19 nitrogen and oxygen atoms in total. The third-order valence-corrected chi connectivity index (χ3v) is 22.1. The zero-order valence-corrected chi connectivity index (χ0v) is 67.6. The molecule has 19 heteroatoms. The summed E-state index contributed by atoms with van der Waals surface area (Å²) in [5.41, 5.74) is 0. The van der Waals surface area contributed by atoms with E-state index >= 15 is 0 Å². The minimum Gasteiger partial charge on any atom is -0.394 e. The smallest absolute Gasteiger partial charge is 0.220 e. The lowest BCUT2D eigenvalue weighted by atomic mass is 9.96. The number of hydrogen-bond acceptors (Lipinski definition) is 18. The molecule has 0 radical (unpaired) electrons. The summed E-state index contributed by atoms with van der Waals surface area (Å²) in [5.74, 6) is -0.271. The summed E-state index contributed by atoms with van der Waals surface area (Å²) < 4.78 is 34.5. The Morgan fingerprint density at radius 2 is 0.617 bits per heavy atom. The predicted octanol–water partition coefficient (Wildman–Crippen LogP) is 16.4. The van der Waals surface area contributed by atoms with Crippen LogP contribution in [-0.2, 0) is 33.2 Å². The van der Waals surface area contributed by atoms with Crippen LogP contribution in [0.15, 0.2) is 48.6 Å². The summed E-state index contributed by atoms with van der Waals surface area (Å²) in [6.07, 6.45) is 61.1. The number of unbranched alkanes of at least 4 members (excludes halogenated alkanes) is 50. The van der Waals surface area contributed by atoms with Crippen molar-refractivity contribution in [2.45, 2.75) is 478 Å². The summed E-state index contributed by atoms with van der Waals surface area (Å²) in [5, 5.41) is 121. The SMILES string of the molecule is CCCCCCC/C=C\C/C=C\C/C=C\CCCCCCCCCCCCCCCCC(=O)NC(COC1OC(CO)C(OC2OC(CO)C(OC3OC(CO)C(O)C(O)C3O)C(O)C2O)C(O)C1O)C(O)/C=C/CCCCCCCCCCCCCCCCCCCCCCCCCCCCCCCCC. The second-order valence-electron chi connectivity index (χ2n) is 31.7. The quantitative estimate of drug-likeness (QED) is 0.0199. The molecule has 0 aromatic rings. The van der Waals surface area contributed by atoms with Gasteiger partial charge in [0, 0.05) is 6.42 Å². The fourth-order valence-electron chi connectivity index (χ4n) is 15.0. The molecule has 17 atom stereocenters. The Labute approximate surface area is 650 Å². The van der Waals surface area contributed by atoms with E-state index in [4.69, 9.17) is 28.4 Å². The van der Waals surface area contributed by atoms with Crippen LogP contribution in [0.5, 0.6) is 0 Å². The Morgan fingerprint density at radius 1 is 0.336 bits per heavy atom. The van der Waals surface area contributed by atoms with Gasteiger partial charge in [-0.15, -0.1) is 0 Å². The Bertz CT molecular complexity index is 2120. The summed E-state index contributed by atoms with van der Waals surface area (Å²) >= 11 is 0.